The molecule has 17 heavy (non-hydrogen) atoms. The average molecular weight is 250 g/mol. The summed E-state index contributed by atoms with van der Waals surface area (Å²) < 4.78 is 0. The SMILES string of the molecule is CCN=C(N)NC(=S)Nc1c(C)cccc1C. The van der Waals surface area contributed by atoms with Crippen LogP contribution in [-0.2, 0) is 0 Å². The molecule has 0 amide bonds. The Bertz CT molecular complexity index is 420. The third-order valence-electron chi connectivity index (χ3n) is 2.29. The molecule has 1 rings (SSSR count). The Kier molecular flexibility index (Phi) is 4.90. The first-order chi connectivity index (χ1) is 8.04. The van der Waals surface area contributed by atoms with Crippen LogP contribution in [0.5, 0.6) is 0 Å². The number of para-hydroxylation sites is 1. The van der Waals surface area contributed by atoms with Gasteiger partial charge >= 0.3 is 0 Å². The van der Waals surface area contributed by atoms with E-state index < -0.39 is 0 Å². The molecule has 0 unspecified atom stereocenters. The Morgan fingerprint density at radius 1 is 1.35 bits per heavy atom. The van der Waals surface area contributed by atoms with Gasteiger partial charge in [-0.1, -0.05) is 18.2 Å². The molecule has 0 aliphatic carbocycles. The first kappa shape index (κ1) is 13.4. The smallest absolute Gasteiger partial charge is 0.194 e. The fraction of sp³-hybridized carbons (Fsp3) is 0.333. The lowest BCUT2D eigenvalue weighted by atomic mass is 10.1. The van der Waals surface area contributed by atoms with Gasteiger partial charge in [0.05, 0.1) is 0 Å². The Morgan fingerprint density at radius 2 is 1.94 bits per heavy atom. The molecule has 0 aliphatic heterocycles. The first-order valence-corrected chi connectivity index (χ1v) is 5.89. The molecule has 0 fully saturated rings. The van der Waals surface area contributed by atoms with E-state index in [-0.39, 0.29) is 0 Å². The van der Waals surface area contributed by atoms with Gasteiger partial charge in [-0.2, -0.15) is 0 Å². The maximum atomic E-state index is 5.63. The summed E-state index contributed by atoms with van der Waals surface area (Å²) in [6, 6.07) is 6.07. The van der Waals surface area contributed by atoms with E-state index >= 15 is 0 Å². The highest BCUT2D eigenvalue weighted by molar-refractivity contribution is 7.80. The minimum Gasteiger partial charge on any atom is -0.370 e. The molecule has 1 aromatic rings. The van der Waals surface area contributed by atoms with Crippen molar-refractivity contribution in [3.63, 3.8) is 0 Å². The highest BCUT2D eigenvalue weighted by Gasteiger charge is 2.04. The zero-order chi connectivity index (χ0) is 12.8. The average Bonchev–Trinajstić information content (AvgIpc) is 2.24. The van der Waals surface area contributed by atoms with Crippen molar-refractivity contribution in [3.8, 4) is 0 Å². The first-order valence-electron chi connectivity index (χ1n) is 5.48. The molecule has 0 aromatic heterocycles. The molecule has 0 radical (unpaired) electrons. The number of aryl methyl sites for hydroxylation is 2. The normalized spacial score (nSPS) is 11.1. The predicted octanol–water partition coefficient (Wildman–Crippen LogP) is 1.92. The molecule has 0 saturated heterocycles. The number of aliphatic imine (C=N–C) groups is 1. The van der Waals surface area contributed by atoms with Gasteiger partial charge in [0.15, 0.2) is 11.1 Å². The Labute approximate surface area is 107 Å². The van der Waals surface area contributed by atoms with Crippen molar-refractivity contribution in [1.82, 2.24) is 5.32 Å². The van der Waals surface area contributed by atoms with E-state index in [0.717, 1.165) is 16.8 Å². The van der Waals surface area contributed by atoms with Crippen LogP contribution in [0.3, 0.4) is 0 Å². The summed E-state index contributed by atoms with van der Waals surface area (Å²) in [5, 5.41) is 6.41. The molecular weight excluding hydrogens is 232 g/mol. The van der Waals surface area contributed by atoms with Gasteiger partial charge in [0.1, 0.15) is 0 Å². The van der Waals surface area contributed by atoms with Crippen LogP contribution in [0.1, 0.15) is 18.1 Å². The molecule has 0 atom stereocenters. The van der Waals surface area contributed by atoms with E-state index in [2.05, 4.69) is 15.6 Å². The summed E-state index contributed by atoms with van der Waals surface area (Å²) in [6.07, 6.45) is 0. The molecule has 1 aromatic carbocycles. The summed E-state index contributed by atoms with van der Waals surface area (Å²) >= 11 is 5.16. The lowest BCUT2D eigenvalue weighted by molar-refractivity contribution is 1.09. The number of guanidine groups is 1. The van der Waals surface area contributed by atoms with Gasteiger partial charge in [0.25, 0.3) is 0 Å². The van der Waals surface area contributed by atoms with Crippen molar-refractivity contribution in [1.29, 1.82) is 0 Å². The second-order valence-electron chi connectivity index (χ2n) is 3.71. The van der Waals surface area contributed by atoms with E-state index in [1.165, 1.54) is 0 Å². The number of thiocarbonyl (C=S) groups is 1. The largest absolute Gasteiger partial charge is 0.370 e. The van der Waals surface area contributed by atoms with Crippen molar-refractivity contribution in [2.75, 3.05) is 11.9 Å². The summed E-state index contributed by atoms with van der Waals surface area (Å²) in [5.41, 5.74) is 8.91. The fourth-order valence-corrected chi connectivity index (χ4v) is 1.69. The minimum atomic E-state index is 0.330. The molecule has 4 nitrogen and oxygen atoms in total. The number of benzene rings is 1. The van der Waals surface area contributed by atoms with E-state index in [1.54, 1.807) is 0 Å². The molecule has 0 heterocycles. The maximum absolute atomic E-state index is 5.63. The minimum absolute atomic E-state index is 0.330. The van der Waals surface area contributed by atoms with Crippen molar-refractivity contribution >= 4 is 29.0 Å². The molecule has 0 saturated carbocycles. The third kappa shape index (κ3) is 4.03. The molecule has 4 N–H and O–H groups in total. The topological polar surface area (TPSA) is 62.4 Å². The third-order valence-corrected chi connectivity index (χ3v) is 2.49. The summed E-state index contributed by atoms with van der Waals surface area (Å²) in [4.78, 5) is 4.01. The van der Waals surface area contributed by atoms with Crippen LogP contribution in [0.2, 0.25) is 0 Å². The van der Waals surface area contributed by atoms with Crippen LogP contribution in [-0.4, -0.2) is 17.6 Å². The van der Waals surface area contributed by atoms with Crippen molar-refractivity contribution in [2.24, 2.45) is 10.7 Å². The van der Waals surface area contributed by atoms with E-state index in [0.29, 0.717) is 17.6 Å². The maximum Gasteiger partial charge on any atom is 0.194 e. The monoisotopic (exact) mass is 250 g/mol. The van der Waals surface area contributed by atoms with E-state index in [9.17, 15) is 0 Å². The van der Waals surface area contributed by atoms with Crippen LogP contribution in [0, 0.1) is 13.8 Å². The number of nitrogens with zero attached hydrogens (tertiary/aromatic N) is 1. The highest BCUT2D eigenvalue weighted by atomic mass is 32.1. The van der Waals surface area contributed by atoms with Crippen LogP contribution < -0.4 is 16.4 Å². The number of hydrogen-bond donors (Lipinski definition) is 3. The van der Waals surface area contributed by atoms with Crippen LogP contribution in [0.15, 0.2) is 23.2 Å². The number of anilines is 1. The Balaban J connectivity index is 2.72. The van der Waals surface area contributed by atoms with Crippen molar-refractivity contribution < 1.29 is 0 Å². The number of nitrogens with one attached hydrogen (secondary N) is 2. The summed E-state index contributed by atoms with van der Waals surface area (Å²) in [6.45, 7) is 6.60. The number of nitrogens with two attached hydrogens (primary N) is 1. The Hall–Kier alpha value is -1.62. The molecular formula is C12H18N4S. The number of rotatable bonds is 2. The molecule has 0 bridgehead atoms. The van der Waals surface area contributed by atoms with Crippen molar-refractivity contribution in [2.45, 2.75) is 20.8 Å². The zero-order valence-electron chi connectivity index (χ0n) is 10.4. The van der Waals surface area contributed by atoms with Gasteiger partial charge < -0.3 is 16.4 Å². The molecule has 5 heteroatoms. The second-order valence-corrected chi connectivity index (χ2v) is 4.11. The quantitative estimate of drug-likeness (QED) is 0.426. The zero-order valence-corrected chi connectivity index (χ0v) is 11.2. The van der Waals surface area contributed by atoms with Crippen LogP contribution >= 0.6 is 12.2 Å². The second kappa shape index (κ2) is 6.20. The standard InChI is InChI=1S/C12H18N4S/c1-4-14-11(13)16-12(17)15-10-8(2)6-5-7-9(10)3/h5-7H,4H2,1-3H3,(H4,13,14,15,16,17). The molecule has 92 valence electrons. The molecule has 0 aliphatic rings. The summed E-state index contributed by atoms with van der Waals surface area (Å²) in [7, 11) is 0. The van der Waals surface area contributed by atoms with Crippen LogP contribution in [0.4, 0.5) is 5.69 Å². The van der Waals surface area contributed by atoms with Gasteiger partial charge in [-0.3, -0.25) is 4.99 Å². The van der Waals surface area contributed by atoms with E-state index in [4.69, 9.17) is 18.0 Å². The van der Waals surface area contributed by atoms with Gasteiger partial charge in [-0.15, -0.1) is 0 Å². The fourth-order valence-electron chi connectivity index (χ4n) is 1.48. The summed E-state index contributed by atoms with van der Waals surface area (Å²) in [5.74, 6) is 0.330. The van der Waals surface area contributed by atoms with Gasteiger partial charge in [0.2, 0.25) is 0 Å². The van der Waals surface area contributed by atoms with E-state index in [1.807, 2.05) is 39.0 Å². The van der Waals surface area contributed by atoms with Crippen LogP contribution in [0.25, 0.3) is 0 Å². The lowest BCUT2D eigenvalue weighted by Gasteiger charge is -2.14. The number of hydrogen-bond acceptors (Lipinski definition) is 2. The lowest BCUT2D eigenvalue weighted by Crippen LogP contribution is -2.39. The predicted molar refractivity (Wildman–Crippen MR) is 77.4 cm³/mol. The van der Waals surface area contributed by atoms with Gasteiger partial charge in [-0.05, 0) is 44.1 Å². The van der Waals surface area contributed by atoms with Gasteiger partial charge in [0, 0.05) is 12.2 Å². The highest BCUT2D eigenvalue weighted by Crippen LogP contribution is 2.18. The van der Waals surface area contributed by atoms with Crippen molar-refractivity contribution in [3.05, 3.63) is 29.3 Å². The Morgan fingerprint density at radius 3 is 2.47 bits per heavy atom. The van der Waals surface area contributed by atoms with Gasteiger partial charge in [-0.25, -0.2) is 0 Å². The molecule has 0 spiro atoms.